The summed E-state index contributed by atoms with van der Waals surface area (Å²) in [5, 5.41) is 1.06. The Bertz CT molecular complexity index is 1060. The van der Waals surface area contributed by atoms with Crippen LogP contribution in [0.4, 0.5) is 5.82 Å². The van der Waals surface area contributed by atoms with Crippen molar-refractivity contribution in [3.8, 4) is 11.1 Å². The second kappa shape index (κ2) is 7.15. The number of aromatic nitrogens is 3. The first-order valence-electron chi connectivity index (χ1n) is 10.1. The Kier molecular flexibility index (Phi) is 4.72. The first kappa shape index (κ1) is 19.2. The second-order valence-electron chi connectivity index (χ2n) is 8.38. The van der Waals surface area contributed by atoms with Crippen molar-refractivity contribution in [2.24, 2.45) is 11.3 Å². The number of H-pyrrole nitrogens is 1. The number of benzene rings is 1. The lowest BCUT2D eigenvalue weighted by Gasteiger charge is -2.42. The third-order valence-corrected chi connectivity index (χ3v) is 7.86. The summed E-state index contributed by atoms with van der Waals surface area (Å²) in [6, 6.07) is 5.64. The number of halogens is 2. The SMILES string of the molecule is C[C@@H]1OCC2(CCN(c3ncc(-c4cccc(Cl)c4Cl)c4[nH]cnc34)CC2)[C@@H]1C. The fourth-order valence-corrected chi connectivity index (χ4v) is 5.30. The summed E-state index contributed by atoms with van der Waals surface area (Å²) in [6.07, 6.45) is 6.18. The van der Waals surface area contributed by atoms with Crippen LogP contribution < -0.4 is 4.90 Å². The van der Waals surface area contributed by atoms with E-state index in [0.717, 1.165) is 60.5 Å². The van der Waals surface area contributed by atoms with Crippen molar-refractivity contribution in [1.82, 2.24) is 15.0 Å². The van der Waals surface area contributed by atoms with Crippen molar-refractivity contribution in [3.63, 3.8) is 0 Å². The van der Waals surface area contributed by atoms with E-state index in [4.69, 9.17) is 32.9 Å². The third-order valence-electron chi connectivity index (χ3n) is 7.04. The molecule has 29 heavy (non-hydrogen) atoms. The molecule has 2 saturated heterocycles. The van der Waals surface area contributed by atoms with E-state index in [9.17, 15) is 0 Å². The standard InChI is InChI=1S/C22H24Cl2N4O/c1-13-14(2)29-11-22(13)6-8-28(9-7-22)21-20-19(26-12-27-20)16(10-25-21)15-4-3-5-17(23)18(15)24/h3-5,10,12-14H,6-9,11H2,1-2H3,(H,26,27)/t13-,14+/m1/s1. The maximum absolute atomic E-state index is 6.46. The van der Waals surface area contributed by atoms with Gasteiger partial charge in [-0.25, -0.2) is 9.97 Å². The summed E-state index contributed by atoms with van der Waals surface area (Å²) >= 11 is 12.7. The van der Waals surface area contributed by atoms with E-state index in [2.05, 4.69) is 28.7 Å². The van der Waals surface area contributed by atoms with Crippen LogP contribution in [0, 0.1) is 11.3 Å². The third kappa shape index (κ3) is 3.02. The van der Waals surface area contributed by atoms with Crippen molar-refractivity contribution in [2.45, 2.75) is 32.8 Å². The van der Waals surface area contributed by atoms with Crippen LogP contribution in [-0.4, -0.2) is 40.8 Å². The number of pyridine rings is 1. The Balaban J connectivity index is 1.47. The van der Waals surface area contributed by atoms with Gasteiger partial charge in [-0.3, -0.25) is 0 Å². The molecule has 0 unspecified atom stereocenters. The average Bonchev–Trinajstić information content (AvgIpc) is 3.32. The molecule has 152 valence electrons. The molecule has 4 heterocycles. The van der Waals surface area contributed by atoms with E-state index in [0.29, 0.717) is 27.5 Å². The fraction of sp³-hybridized carbons (Fsp3) is 0.455. The van der Waals surface area contributed by atoms with Gasteiger partial charge in [0.2, 0.25) is 0 Å². The summed E-state index contributed by atoms with van der Waals surface area (Å²) in [5.74, 6) is 1.52. The van der Waals surface area contributed by atoms with Crippen LogP contribution in [0.1, 0.15) is 26.7 Å². The van der Waals surface area contributed by atoms with Crippen molar-refractivity contribution in [2.75, 3.05) is 24.6 Å². The van der Waals surface area contributed by atoms with Gasteiger partial charge in [0.1, 0.15) is 5.52 Å². The number of nitrogens with zero attached hydrogens (tertiary/aromatic N) is 3. The molecule has 2 aromatic heterocycles. The first-order valence-corrected chi connectivity index (χ1v) is 10.9. The molecule has 7 heteroatoms. The topological polar surface area (TPSA) is 54.0 Å². The normalized spacial score (nSPS) is 23.9. The molecule has 2 atom stereocenters. The van der Waals surface area contributed by atoms with Crippen molar-refractivity contribution >= 4 is 40.1 Å². The Morgan fingerprint density at radius 1 is 1.14 bits per heavy atom. The molecule has 2 aliphatic rings. The van der Waals surface area contributed by atoms with Gasteiger partial charge < -0.3 is 14.6 Å². The molecular weight excluding hydrogens is 407 g/mol. The molecule has 5 nitrogen and oxygen atoms in total. The van der Waals surface area contributed by atoms with Crippen LogP contribution in [0.15, 0.2) is 30.7 Å². The molecule has 2 fully saturated rings. The van der Waals surface area contributed by atoms with Gasteiger partial charge in [-0.15, -0.1) is 0 Å². The Labute approximate surface area is 180 Å². The predicted octanol–water partition coefficient (Wildman–Crippen LogP) is 5.57. The number of imidazole rings is 1. The van der Waals surface area contributed by atoms with E-state index < -0.39 is 0 Å². The lowest BCUT2D eigenvalue weighted by Crippen LogP contribution is -2.44. The van der Waals surface area contributed by atoms with Gasteiger partial charge in [-0.05, 0) is 31.7 Å². The van der Waals surface area contributed by atoms with Crippen LogP contribution in [0.3, 0.4) is 0 Å². The number of aromatic amines is 1. The zero-order valence-electron chi connectivity index (χ0n) is 16.6. The molecule has 0 radical (unpaired) electrons. The van der Waals surface area contributed by atoms with Gasteiger partial charge in [0.05, 0.1) is 34.6 Å². The summed E-state index contributed by atoms with van der Waals surface area (Å²) in [6.45, 7) is 7.33. The molecule has 2 aliphatic heterocycles. The molecule has 1 aromatic carbocycles. The maximum Gasteiger partial charge on any atom is 0.156 e. The summed E-state index contributed by atoms with van der Waals surface area (Å²) in [4.78, 5) is 15.0. The van der Waals surface area contributed by atoms with Gasteiger partial charge in [-0.2, -0.15) is 0 Å². The number of hydrogen-bond acceptors (Lipinski definition) is 4. The van der Waals surface area contributed by atoms with Gasteiger partial charge in [0, 0.05) is 35.8 Å². The van der Waals surface area contributed by atoms with Gasteiger partial charge in [0.25, 0.3) is 0 Å². The highest BCUT2D eigenvalue weighted by Gasteiger charge is 2.47. The number of hydrogen-bond donors (Lipinski definition) is 1. The fourth-order valence-electron chi connectivity index (χ4n) is 4.90. The number of piperidine rings is 1. The quantitative estimate of drug-likeness (QED) is 0.576. The zero-order chi connectivity index (χ0) is 20.2. The molecule has 0 bridgehead atoms. The smallest absolute Gasteiger partial charge is 0.156 e. The van der Waals surface area contributed by atoms with Crippen LogP contribution in [0.25, 0.3) is 22.2 Å². The number of anilines is 1. The predicted molar refractivity (Wildman–Crippen MR) is 118 cm³/mol. The molecule has 5 rings (SSSR count). The number of ether oxygens (including phenoxy) is 1. The second-order valence-corrected chi connectivity index (χ2v) is 9.16. The van der Waals surface area contributed by atoms with Crippen LogP contribution in [0.5, 0.6) is 0 Å². The summed E-state index contributed by atoms with van der Waals surface area (Å²) in [7, 11) is 0. The van der Waals surface area contributed by atoms with Crippen molar-refractivity contribution in [1.29, 1.82) is 0 Å². The van der Waals surface area contributed by atoms with E-state index in [1.807, 2.05) is 18.3 Å². The molecule has 3 aromatic rings. The Hall–Kier alpha value is -1.82. The first-order chi connectivity index (χ1) is 14.0. The minimum atomic E-state index is 0.300. The molecule has 0 aliphatic carbocycles. The number of fused-ring (bicyclic) bond motifs is 1. The average molecular weight is 431 g/mol. The monoisotopic (exact) mass is 430 g/mol. The Morgan fingerprint density at radius 2 is 1.93 bits per heavy atom. The van der Waals surface area contributed by atoms with E-state index in [-0.39, 0.29) is 0 Å². The molecule has 0 amide bonds. The van der Waals surface area contributed by atoms with Crippen molar-refractivity contribution in [3.05, 3.63) is 40.8 Å². The minimum absolute atomic E-state index is 0.300. The van der Waals surface area contributed by atoms with Crippen LogP contribution in [0.2, 0.25) is 10.0 Å². The number of nitrogens with one attached hydrogen (secondary N) is 1. The largest absolute Gasteiger partial charge is 0.378 e. The zero-order valence-corrected chi connectivity index (χ0v) is 18.1. The highest BCUT2D eigenvalue weighted by molar-refractivity contribution is 6.43. The number of rotatable bonds is 2. The lowest BCUT2D eigenvalue weighted by atomic mass is 9.70. The highest BCUT2D eigenvalue weighted by Crippen LogP contribution is 2.47. The van der Waals surface area contributed by atoms with Gasteiger partial charge in [-0.1, -0.05) is 42.3 Å². The highest BCUT2D eigenvalue weighted by atomic mass is 35.5. The summed E-state index contributed by atoms with van der Waals surface area (Å²) < 4.78 is 5.97. The lowest BCUT2D eigenvalue weighted by molar-refractivity contribution is 0.0969. The maximum atomic E-state index is 6.46. The van der Waals surface area contributed by atoms with E-state index in [1.165, 1.54) is 0 Å². The van der Waals surface area contributed by atoms with Crippen molar-refractivity contribution < 1.29 is 4.74 Å². The molecule has 1 spiro atoms. The van der Waals surface area contributed by atoms with Gasteiger partial charge in [0.15, 0.2) is 5.82 Å². The van der Waals surface area contributed by atoms with E-state index >= 15 is 0 Å². The van der Waals surface area contributed by atoms with Gasteiger partial charge >= 0.3 is 0 Å². The van der Waals surface area contributed by atoms with Crippen LogP contribution >= 0.6 is 23.2 Å². The Morgan fingerprint density at radius 3 is 2.66 bits per heavy atom. The van der Waals surface area contributed by atoms with E-state index in [1.54, 1.807) is 12.4 Å². The summed E-state index contributed by atoms with van der Waals surface area (Å²) in [5.41, 5.74) is 3.88. The molecular formula is C22H24Cl2N4O. The van der Waals surface area contributed by atoms with Crippen LogP contribution in [-0.2, 0) is 4.74 Å². The minimum Gasteiger partial charge on any atom is -0.378 e. The molecule has 0 saturated carbocycles. The molecule has 1 N–H and O–H groups in total.